The van der Waals surface area contributed by atoms with Crippen LogP contribution in [0.25, 0.3) is 0 Å². The van der Waals surface area contributed by atoms with E-state index in [1.54, 1.807) is 6.26 Å². The van der Waals surface area contributed by atoms with Crippen LogP contribution in [0.4, 0.5) is 0 Å². The Morgan fingerprint density at radius 3 is 1.94 bits per heavy atom. The van der Waals surface area contributed by atoms with Crippen LogP contribution in [-0.4, -0.2) is 99.8 Å². The molecule has 0 aliphatic heterocycles. The predicted octanol–water partition coefficient (Wildman–Crippen LogP) is -3.49. The third kappa shape index (κ3) is 13.4. The number of hydrogen-bond acceptors (Lipinski definition) is 9. The second kappa shape index (κ2) is 16.5. The molecule has 0 spiro atoms. The average Bonchev–Trinajstić information content (AvgIpc) is 2.76. The first-order chi connectivity index (χ1) is 16.3. The fraction of sp³-hybridized carbons (Fsp3) is 0.684. The van der Waals surface area contributed by atoms with Crippen LogP contribution in [0.2, 0.25) is 0 Å². The van der Waals surface area contributed by atoms with E-state index < -0.39 is 66.4 Å². The number of hydrogen-bond donors (Lipinski definition) is 9. The van der Waals surface area contributed by atoms with E-state index in [4.69, 9.17) is 17.2 Å². The summed E-state index contributed by atoms with van der Waals surface area (Å²) in [4.78, 5) is 64.2. The number of thioether (sulfide) groups is 1. The van der Waals surface area contributed by atoms with Crippen molar-refractivity contribution in [3.05, 3.63) is 0 Å². The summed E-state index contributed by atoms with van der Waals surface area (Å²) in [6.45, 7) is 1.41. The van der Waals surface area contributed by atoms with Crippen molar-refractivity contribution < 1.29 is 39.3 Å². The summed E-state index contributed by atoms with van der Waals surface area (Å²) in [7, 11) is 0. The van der Waals surface area contributed by atoms with Crippen molar-refractivity contribution >= 4 is 47.4 Å². The van der Waals surface area contributed by atoms with Crippen molar-refractivity contribution in [2.75, 3.05) is 18.6 Å². The maximum atomic E-state index is 12.8. The van der Waals surface area contributed by atoms with E-state index in [0.717, 1.165) is 0 Å². The van der Waals surface area contributed by atoms with Gasteiger partial charge in [0.25, 0.3) is 0 Å². The largest absolute Gasteiger partial charge is 0.481 e. The summed E-state index contributed by atoms with van der Waals surface area (Å²) in [6.07, 6.45) is -0.00118. The van der Waals surface area contributed by atoms with Crippen molar-refractivity contribution in [2.24, 2.45) is 22.2 Å². The first-order valence-corrected chi connectivity index (χ1v) is 12.0. The molecule has 0 aliphatic rings. The van der Waals surface area contributed by atoms with E-state index in [2.05, 4.69) is 20.9 Å². The van der Waals surface area contributed by atoms with Crippen LogP contribution in [0.15, 0.2) is 4.99 Å². The van der Waals surface area contributed by atoms with Gasteiger partial charge >= 0.3 is 11.9 Å². The molecule has 0 aromatic heterocycles. The lowest BCUT2D eigenvalue weighted by atomic mass is 10.1. The Balaban J connectivity index is 5.45. The Morgan fingerprint density at radius 1 is 0.914 bits per heavy atom. The third-order valence-electron chi connectivity index (χ3n) is 4.64. The molecule has 35 heavy (non-hydrogen) atoms. The van der Waals surface area contributed by atoms with Gasteiger partial charge in [-0.2, -0.15) is 11.8 Å². The van der Waals surface area contributed by atoms with Crippen molar-refractivity contribution in [1.29, 1.82) is 0 Å². The number of carbonyl (C=O) groups is 5. The Morgan fingerprint density at radius 2 is 1.46 bits per heavy atom. The van der Waals surface area contributed by atoms with E-state index in [1.165, 1.54) is 18.7 Å². The van der Waals surface area contributed by atoms with Gasteiger partial charge in [-0.15, -0.1) is 0 Å². The predicted molar refractivity (Wildman–Crippen MR) is 128 cm³/mol. The van der Waals surface area contributed by atoms with Gasteiger partial charge in [0.15, 0.2) is 5.96 Å². The van der Waals surface area contributed by atoms with Gasteiger partial charge in [0.1, 0.15) is 24.2 Å². The Hall–Kier alpha value is -3.11. The molecule has 12 N–H and O–H groups in total. The number of amides is 3. The molecule has 0 aromatic carbocycles. The molecular formula is C19H35N7O8S. The maximum Gasteiger partial charge on any atom is 0.326 e. The number of nitrogens with two attached hydrogens (primary N) is 3. The molecule has 0 aliphatic carbocycles. The van der Waals surface area contributed by atoms with Crippen molar-refractivity contribution in [1.82, 2.24) is 16.0 Å². The molecule has 0 rings (SSSR count). The van der Waals surface area contributed by atoms with Crippen molar-refractivity contribution in [3.63, 3.8) is 0 Å². The number of aliphatic imine (C=N–C) groups is 1. The molecule has 0 heterocycles. The molecule has 0 fully saturated rings. The van der Waals surface area contributed by atoms with Gasteiger partial charge in [-0.05, 0) is 38.2 Å². The number of carbonyl (C=O) groups excluding carboxylic acids is 3. The number of aliphatic carboxylic acids is 2. The molecule has 200 valence electrons. The molecule has 5 unspecified atom stereocenters. The van der Waals surface area contributed by atoms with Crippen LogP contribution < -0.4 is 33.2 Å². The summed E-state index contributed by atoms with van der Waals surface area (Å²) >= 11 is 1.37. The Kier molecular flexibility index (Phi) is 15.0. The topological polar surface area (TPSA) is 273 Å². The number of nitrogens with one attached hydrogen (secondary N) is 3. The van der Waals surface area contributed by atoms with Crippen LogP contribution in [-0.2, 0) is 24.0 Å². The Labute approximate surface area is 206 Å². The summed E-state index contributed by atoms with van der Waals surface area (Å²) < 4.78 is 0. The van der Waals surface area contributed by atoms with Gasteiger partial charge in [-0.3, -0.25) is 24.2 Å². The minimum atomic E-state index is -1.63. The molecular weight excluding hydrogens is 486 g/mol. The normalized spacial score (nSPS) is 15.0. The van der Waals surface area contributed by atoms with Gasteiger partial charge in [0, 0.05) is 6.54 Å². The van der Waals surface area contributed by atoms with Gasteiger partial charge in [-0.25, -0.2) is 4.79 Å². The zero-order chi connectivity index (χ0) is 27.1. The number of aliphatic hydroxyl groups excluding tert-OH is 1. The van der Waals surface area contributed by atoms with Crippen molar-refractivity contribution in [2.45, 2.75) is 62.9 Å². The molecule has 0 saturated carbocycles. The first kappa shape index (κ1) is 31.9. The monoisotopic (exact) mass is 521 g/mol. The number of carboxylic acid groups (broad SMARTS) is 2. The van der Waals surface area contributed by atoms with E-state index in [-0.39, 0.29) is 31.8 Å². The number of rotatable bonds is 17. The summed E-state index contributed by atoms with van der Waals surface area (Å²) in [5, 5.41) is 34.9. The van der Waals surface area contributed by atoms with Crippen LogP contribution in [0.5, 0.6) is 0 Å². The second-order valence-corrected chi connectivity index (χ2v) is 8.60. The second-order valence-electron chi connectivity index (χ2n) is 7.62. The van der Waals surface area contributed by atoms with Gasteiger partial charge < -0.3 is 48.5 Å². The minimum absolute atomic E-state index is 0.0603. The number of guanidine groups is 1. The lowest BCUT2D eigenvalue weighted by molar-refractivity contribution is -0.143. The lowest BCUT2D eigenvalue weighted by Crippen LogP contribution is -2.58. The molecule has 3 amide bonds. The quantitative estimate of drug-likeness (QED) is 0.0512. The smallest absolute Gasteiger partial charge is 0.326 e. The molecule has 16 heteroatoms. The van der Waals surface area contributed by atoms with Crippen LogP contribution in [0, 0.1) is 0 Å². The number of nitrogens with zero attached hydrogens (tertiary/aromatic N) is 1. The highest BCUT2D eigenvalue weighted by Crippen LogP contribution is 2.05. The zero-order valence-corrected chi connectivity index (χ0v) is 20.4. The van der Waals surface area contributed by atoms with E-state index >= 15 is 0 Å². The standard InChI is InChI=1S/C19H35N7O8S/c1-9(27)14(20)17(32)24-10(5-7-35-2)15(30)26-12(8-13(28)29)16(31)25-11(18(33)34)4-3-6-23-19(21)22/h9-12,14,27H,3-8,20H2,1-2H3,(H,24,32)(H,25,31)(H,26,30)(H,28,29)(H,33,34)(H4,21,22,23). The molecule has 15 nitrogen and oxygen atoms in total. The summed E-state index contributed by atoms with van der Waals surface area (Å²) in [5.74, 6) is -5.27. The van der Waals surface area contributed by atoms with Gasteiger partial charge in [-0.1, -0.05) is 0 Å². The van der Waals surface area contributed by atoms with E-state index in [9.17, 15) is 39.3 Å². The highest BCUT2D eigenvalue weighted by Gasteiger charge is 2.31. The fourth-order valence-corrected chi connectivity index (χ4v) is 3.15. The van der Waals surface area contributed by atoms with E-state index in [0.29, 0.717) is 5.75 Å². The molecule has 0 bridgehead atoms. The maximum absolute atomic E-state index is 12.8. The van der Waals surface area contributed by atoms with Gasteiger partial charge in [0.2, 0.25) is 17.7 Å². The molecule has 5 atom stereocenters. The summed E-state index contributed by atoms with van der Waals surface area (Å²) in [5.41, 5.74) is 16.0. The first-order valence-electron chi connectivity index (χ1n) is 10.6. The highest BCUT2D eigenvalue weighted by atomic mass is 32.2. The zero-order valence-electron chi connectivity index (χ0n) is 19.6. The SMILES string of the molecule is CSCCC(NC(=O)C(N)C(C)O)C(=O)NC(CC(=O)O)C(=O)NC(CCCN=C(N)N)C(=O)O. The third-order valence-corrected chi connectivity index (χ3v) is 5.28. The molecule has 0 saturated heterocycles. The lowest BCUT2D eigenvalue weighted by Gasteiger charge is -2.25. The van der Waals surface area contributed by atoms with E-state index in [1.807, 2.05) is 0 Å². The van der Waals surface area contributed by atoms with Crippen molar-refractivity contribution in [3.8, 4) is 0 Å². The highest BCUT2D eigenvalue weighted by molar-refractivity contribution is 7.98. The summed E-state index contributed by atoms with van der Waals surface area (Å²) in [6, 6.07) is -5.51. The minimum Gasteiger partial charge on any atom is -0.481 e. The fourth-order valence-electron chi connectivity index (χ4n) is 2.68. The van der Waals surface area contributed by atoms with Crippen LogP contribution >= 0.6 is 11.8 Å². The Bertz CT molecular complexity index is 776. The molecule has 0 aromatic rings. The number of aliphatic hydroxyl groups is 1. The van der Waals surface area contributed by atoms with Crippen LogP contribution in [0.3, 0.4) is 0 Å². The average molecular weight is 522 g/mol. The van der Waals surface area contributed by atoms with Gasteiger partial charge in [0.05, 0.1) is 12.5 Å². The van der Waals surface area contributed by atoms with Crippen LogP contribution in [0.1, 0.15) is 32.6 Å². The molecule has 0 radical (unpaired) electrons. The number of carboxylic acids is 2.